The van der Waals surface area contributed by atoms with Crippen molar-refractivity contribution in [1.82, 2.24) is 9.78 Å². The van der Waals surface area contributed by atoms with E-state index in [0.717, 1.165) is 18.7 Å². The summed E-state index contributed by atoms with van der Waals surface area (Å²) in [5.74, 6) is 1.10. The highest BCUT2D eigenvalue weighted by molar-refractivity contribution is 5.92. The maximum absolute atomic E-state index is 12.0. The Hall–Kier alpha value is -2.10. The molecule has 3 rings (SSSR count). The Morgan fingerprint density at radius 3 is 2.95 bits per heavy atom. The predicted molar refractivity (Wildman–Crippen MR) is 78.5 cm³/mol. The number of nitrogens with one attached hydrogen (secondary N) is 1. The minimum absolute atomic E-state index is 0.127. The van der Waals surface area contributed by atoms with E-state index in [4.69, 9.17) is 0 Å². The van der Waals surface area contributed by atoms with E-state index in [1.165, 1.54) is 17.5 Å². The van der Waals surface area contributed by atoms with E-state index in [9.17, 15) is 4.79 Å². The van der Waals surface area contributed by atoms with Crippen LogP contribution in [0.2, 0.25) is 0 Å². The zero-order chi connectivity index (χ0) is 13.9. The fourth-order valence-electron chi connectivity index (χ4n) is 2.45. The van der Waals surface area contributed by atoms with Gasteiger partial charge in [0.15, 0.2) is 0 Å². The van der Waals surface area contributed by atoms with E-state index in [1.54, 1.807) is 6.20 Å². The lowest BCUT2D eigenvalue weighted by atomic mass is 9.85. The first-order chi connectivity index (χ1) is 9.72. The maximum atomic E-state index is 12.0. The molecule has 104 valence electrons. The van der Waals surface area contributed by atoms with E-state index in [0.29, 0.717) is 6.54 Å². The molecule has 1 fully saturated rings. The van der Waals surface area contributed by atoms with E-state index >= 15 is 0 Å². The van der Waals surface area contributed by atoms with Gasteiger partial charge in [-0.25, -0.2) is 4.68 Å². The van der Waals surface area contributed by atoms with Gasteiger partial charge in [-0.15, -0.1) is 0 Å². The van der Waals surface area contributed by atoms with E-state index in [1.807, 2.05) is 16.8 Å². The highest BCUT2D eigenvalue weighted by Crippen LogP contribution is 2.27. The fourth-order valence-corrected chi connectivity index (χ4v) is 2.45. The Kier molecular flexibility index (Phi) is 3.54. The van der Waals surface area contributed by atoms with Crippen LogP contribution in [0, 0.1) is 12.8 Å². The number of carbonyl (C=O) groups is 1. The van der Waals surface area contributed by atoms with Gasteiger partial charge in [0.1, 0.15) is 5.82 Å². The largest absolute Gasteiger partial charge is 0.311 e. The monoisotopic (exact) mass is 269 g/mol. The third-order valence-electron chi connectivity index (χ3n) is 3.86. The summed E-state index contributed by atoms with van der Waals surface area (Å²) < 4.78 is 1.84. The Morgan fingerprint density at radius 1 is 1.40 bits per heavy atom. The maximum Gasteiger partial charge on any atom is 0.228 e. The fraction of sp³-hybridized carbons (Fsp3) is 0.375. The highest BCUT2D eigenvalue weighted by atomic mass is 16.2. The van der Waals surface area contributed by atoms with Gasteiger partial charge in [0, 0.05) is 12.0 Å². The van der Waals surface area contributed by atoms with Gasteiger partial charge in [0.25, 0.3) is 0 Å². The molecular weight excluding hydrogens is 250 g/mol. The van der Waals surface area contributed by atoms with Crippen molar-refractivity contribution in [3.8, 4) is 0 Å². The number of aryl methyl sites for hydroxylation is 1. The molecule has 1 aromatic heterocycles. The van der Waals surface area contributed by atoms with Gasteiger partial charge >= 0.3 is 0 Å². The van der Waals surface area contributed by atoms with Crippen molar-refractivity contribution >= 4 is 11.7 Å². The second-order valence-corrected chi connectivity index (χ2v) is 5.48. The summed E-state index contributed by atoms with van der Waals surface area (Å²) in [4.78, 5) is 12.0. The summed E-state index contributed by atoms with van der Waals surface area (Å²) >= 11 is 0. The van der Waals surface area contributed by atoms with Crippen molar-refractivity contribution < 1.29 is 4.79 Å². The van der Waals surface area contributed by atoms with Crippen molar-refractivity contribution in [2.24, 2.45) is 5.92 Å². The molecule has 1 saturated carbocycles. The average Bonchev–Trinajstić information content (AvgIpc) is 2.74. The molecular formula is C16H19N3O. The summed E-state index contributed by atoms with van der Waals surface area (Å²) in [5, 5.41) is 7.29. The van der Waals surface area contributed by atoms with E-state index in [-0.39, 0.29) is 11.8 Å². The number of aromatic nitrogens is 2. The minimum atomic E-state index is 0.127. The first-order valence-electron chi connectivity index (χ1n) is 7.10. The third-order valence-corrected chi connectivity index (χ3v) is 3.86. The Balaban J connectivity index is 1.71. The molecule has 1 heterocycles. The second-order valence-electron chi connectivity index (χ2n) is 5.48. The van der Waals surface area contributed by atoms with Gasteiger partial charge in [-0.1, -0.05) is 36.2 Å². The summed E-state index contributed by atoms with van der Waals surface area (Å²) in [5.41, 5.74) is 2.42. The Labute approximate surface area is 118 Å². The smallest absolute Gasteiger partial charge is 0.228 e. The predicted octanol–water partition coefficient (Wildman–Crippen LogP) is 2.98. The number of rotatable bonds is 4. The molecule has 0 saturated heterocycles. The lowest BCUT2D eigenvalue weighted by Gasteiger charge is -2.24. The molecule has 0 spiro atoms. The standard InChI is InChI=1S/C16H19N3O/c1-12-4-2-5-13(10-12)11-19-15(8-9-17-19)18-16(20)14-6-3-7-14/h2,4-5,8-10,14H,3,6-7,11H2,1H3,(H,18,20). The first kappa shape index (κ1) is 12.9. The average molecular weight is 269 g/mol. The van der Waals surface area contributed by atoms with Crippen LogP contribution in [0.3, 0.4) is 0 Å². The number of carbonyl (C=O) groups excluding carboxylic acids is 1. The van der Waals surface area contributed by atoms with Crippen molar-refractivity contribution in [2.45, 2.75) is 32.7 Å². The van der Waals surface area contributed by atoms with E-state index in [2.05, 4.69) is 35.5 Å². The molecule has 20 heavy (non-hydrogen) atoms. The molecule has 1 amide bonds. The molecule has 4 heteroatoms. The van der Waals surface area contributed by atoms with Gasteiger partial charge in [-0.3, -0.25) is 4.79 Å². The molecule has 1 N–H and O–H groups in total. The van der Waals surface area contributed by atoms with Crippen LogP contribution in [0.1, 0.15) is 30.4 Å². The number of nitrogens with zero attached hydrogens (tertiary/aromatic N) is 2. The number of hydrogen-bond donors (Lipinski definition) is 1. The van der Waals surface area contributed by atoms with Crippen LogP contribution in [0.4, 0.5) is 5.82 Å². The number of benzene rings is 1. The molecule has 0 bridgehead atoms. The normalized spacial score (nSPS) is 14.8. The van der Waals surface area contributed by atoms with Crippen molar-refractivity contribution in [2.75, 3.05) is 5.32 Å². The molecule has 1 aliphatic rings. The number of hydrogen-bond acceptors (Lipinski definition) is 2. The minimum Gasteiger partial charge on any atom is -0.311 e. The lowest BCUT2D eigenvalue weighted by Crippen LogP contribution is -2.29. The van der Waals surface area contributed by atoms with Gasteiger partial charge < -0.3 is 5.32 Å². The molecule has 0 aliphatic heterocycles. The molecule has 0 unspecified atom stereocenters. The van der Waals surface area contributed by atoms with Gasteiger partial charge in [0.2, 0.25) is 5.91 Å². The summed E-state index contributed by atoms with van der Waals surface area (Å²) in [6.45, 7) is 2.75. The van der Waals surface area contributed by atoms with Crippen LogP contribution in [0.25, 0.3) is 0 Å². The molecule has 2 aromatic rings. The quantitative estimate of drug-likeness (QED) is 0.927. The van der Waals surface area contributed by atoms with Crippen LogP contribution in [0.15, 0.2) is 36.5 Å². The van der Waals surface area contributed by atoms with Crippen molar-refractivity contribution in [3.63, 3.8) is 0 Å². The van der Waals surface area contributed by atoms with Gasteiger partial charge in [-0.2, -0.15) is 5.10 Å². The molecule has 0 atom stereocenters. The first-order valence-corrected chi connectivity index (χ1v) is 7.10. The zero-order valence-corrected chi connectivity index (χ0v) is 11.7. The van der Waals surface area contributed by atoms with Crippen molar-refractivity contribution in [1.29, 1.82) is 0 Å². The van der Waals surface area contributed by atoms with Crippen LogP contribution in [-0.4, -0.2) is 15.7 Å². The molecule has 1 aliphatic carbocycles. The second kappa shape index (κ2) is 5.49. The Bertz CT molecular complexity index is 614. The number of amides is 1. The van der Waals surface area contributed by atoms with Crippen LogP contribution < -0.4 is 5.32 Å². The van der Waals surface area contributed by atoms with Gasteiger partial charge in [-0.05, 0) is 25.3 Å². The summed E-state index contributed by atoms with van der Waals surface area (Å²) in [7, 11) is 0. The molecule has 4 nitrogen and oxygen atoms in total. The SMILES string of the molecule is Cc1cccc(Cn2nccc2NC(=O)C2CCC2)c1. The summed E-state index contributed by atoms with van der Waals surface area (Å²) in [6, 6.07) is 10.2. The molecule has 0 radical (unpaired) electrons. The lowest BCUT2D eigenvalue weighted by molar-refractivity contribution is -0.122. The Morgan fingerprint density at radius 2 is 2.25 bits per heavy atom. The summed E-state index contributed by atoms with van der Waals surface area (Å²) in [6.07, 6.45) is 4.92. The van der Waals surface area contributed by atoms with Crippen LogP contribution >= 0.6 is 0 Å². The third kappa shape index (κ3) is 2.74. The number of anilines is 1. The van der Waals surface area contributed by atoms with Crippen LogP contribution in [-0.2, 0) is 11.3 Å². The highest BCUT2D eigenvalue weighted by Gasteiger charge is 2.25. The zero-order valence-electron chi connectivity index (χ0n) is 11.7. The van der Waals surface area contributed by atoms with Gasteiger partial charge in [0.05, 0.1) is 12.7 Å². The van der Waals surface area contributed by atoms with Crippen LogP contribution in [0.5, 0.6) is 0 Å². The molecule has 1 aromatic carbocycles. The van der Waals surface area contributed by atoms with Crippen molar-refractivity contribution in [3.05, 3.63) is 47.7 Å². The topological polar surface area (TPSA) is 46.9 Å². The van der Waals surface area contributed by atoms with E-state index < -0.39 is 0 Å².